The number of thiazole rings is 1. The van der Waals surface area contributed by atoms with Crippen LogP contribution >= 0.6 is 34.7 Å². The molecule has 8 nitrogen and oxygen atoms in total. The lowest BCUT2D eigenvalue weighted by molar-refractivity contribution is -0.137. The minimum absolute atomic E-state index is 0.196. The molecule has 1 saturated heterocycles. The summed E-state index contributed by atoms with van der Waals surface area (Å²) in [6.45, 7) is -0.394. The average Bonchev–Trinajstić information content (AvgIpc) is 3.47. The number of rotatable bonds is 6. The van der Waals surface area contributed by atoms with Crippen LogP contribution in [0, 0.1) is 5.92 Å². The van der Waals surface area contributed by atoms with Gasteiger partial charge in [0.25, 0.3) is 5.91 Å². The van der Waals surface area contributed by atoms with Crippen LogP contribution in [0.15, 0.2) is 82.6 Å². The number of hydrogen-bond acceptors (Lipinski definition) is 7. The smallest absolute Gasteiger partial charge is 0.416 e. The molecule has 6 rings (SSSR count). The highest BCUT2D eigenvalue weighted by Crippen LogP contribution is 2.54. The van der Waals surface area contributed by atoms with Crippen LogP contribution in [0.25, 0.3) is 0 Å². The van der Waals surface area contributed by atoms with E-state index in [1.165, 1.54) is 6.07 Å². The van der Waals surface area contributed by atoms with Gasteiger partial charge in [0.05, 0.1) is 22.2 Å². The summed E-state index contributed by atoms with van der Waals surface area (Å²) in [6, 6.07) is 17.2. The first-order chi connectivity index (χ1) is 20.5. The van der Waals surface area contributed by atoms with E-state index in [0.717, 1.165) is 46.2 Å². The molecule has 2 N–H and O–H groups in total. The number of aromatic nitrogens is 1. The molecular weight excluding hydrogens is 627 g/mol. The largest absolute Gasteiger partial charge is 0.483 e. The molecule has 3 heterocycles. The van der Waals surface area contributed by atoms with E-state index in [4.69, 9.17) is 16.3 Å². The Morgan fingerprint density at radius 1 is 1.00 bits per heavy atom. The molecule has 1 fully saturated rings. The van der Waals surface area contributed by atoms with E-state index in [9.17, 15) is 32.3 Å². The number of carbonyl (C=O) groups excluding carboxylic acids is 3. The normalized spacial score (nSPS) is 19.6. The summed E-state index contributed by atoms with van der Waals surface area (Å²) in [5.74, 6) is -3.53. The van der Waals surface area contributed by atoms with Crippen molar-refractivity contribution in [3.8, 4) is 5.75 Å². The van der Waals surface area contributed by atoms with Crippen molar-refractivity contribution in [3.05, 3.63) is 103 Å². The van der Waals surface area contributed by atoms with Crippen LogP contribution in [0.1, 0.15) is 21.9 Å². The molecule has 3 aromatic carbocycles. The second kappa shape index (κ2) is 11.2. The van der Waals surface area contributed by atoms with E-state index in [0.29, 0.717) is 26.2 Å². The Hall–Kier alpha value is -4.07. The molecule has 3 amide bonds. The van der Waals surface area contributed by atoms with Crippen molar-refractivity contribution in [2.75, 3.05) is 16.8 Å². The van der Waals surface area contributed by atoms with E-state index < -0.39 is 58.0 Å². The van der Waals surface area contributed by atoms with Crippen LogP contribution in [-0.4, -0.2) is 34.6 Å². The molecule has 0 radical (unpaired) electrons. The SMILES string of the molecule is O=C(COc1ccccc1C1c2sc(=O)[nH]c2SC2C(=O)N(c3cccc(C(F)(F)F)c3)C(=O)C21)Nc1ccc(Cl)cc1. The van der Waals surface area contributed by atoms with Gasteiger partial charge in [0.2, 0.25) is 11.8 Å². The van der Waals surface area contributed by atoms with E-state index in [-0.39, 0.29) is 11.4 Å². The first-order valence-corrected chi connectivity index (χ1v) is 14.8. The molecule has 0 saturated carbocycles. The fourth-order valence-corrected chi connectivity index (χ4v) is 7.80. The lowest BCUT2D eigenvalue weighted by Gasteiger charge is -2.30. The van der Waals surface area contributed by atoms with Crippen molar-refractivity contribution in [1.82, 2.24) is 4.98 Å². The molecule has 0 aliphatic carbocycles. The van der Waals surface area contributed by atoms with Gasteiger partial charge in [-0.15, -0.1) is 0 Å². The summed E-state index contributed by atoms with van der Waals surface area (Å²) in [7, 11) is 0. The molecule has 3 atom stereocenters. The third-order valence-electron chi connectivity index (χ3n) is 7.00. The van der Waals surface area contributed by atoms with Crippen molar-refractivity contribution in [2.24, 2.45) is 5.92 Å². The van der Waals surface area contributed by atoms with Crippen LogP contribution in [0.3, 0.4) is 0 Å². The number of benzene rings is 3. The number of para-hydroxylation sites is 1. The third kappa shape index (κ3) is 5.55. The van der Waals surface area contributed by atoms with Crippen molar-refractivity contribution in [1.29, 1.82) is 0 Å². The number of amides is 3. The highest BCUT2D eigenvalue weighted by atomic mass is 35.5. The number of carbonyl (C=O) groups is 3. The van der Waals surface area contributed by atoms with Crippen LogP contribution in [0.2, 0.25) is 5.02 Å². The van der Waals surface area contributed by atoms with Gasteiger partial charge in [0, 0.05) is 27.1 Å². The number of ether oxygens (including phenoxy) is 1. The number of thioether (sulfide) groups is 1. The summed E-state index contributed by atoms with van der Waals surface area (Å²) in [6.07, 6.45) is -4.67. The van der Waals surface area contributed by atoms with Crippen molar-refractivity contribution in [3.63, 3.8) is 0 Å². The predicted octanol–water partition coefficient (Wildman–Crippen LogP) is 5.92. The van der Waals surface area contributed by atoms with Gasteiger partial charge < -0.3 is 15.0 Å². The quantitative estimate of drug-likeness (QED) is 0.252. The van der Waals surface area contributed by atoms with Gasteiger partial charge in [-0.2, -0.15) is 13.2 Å². The van der Waals surface area contributed by atoms with Crippen molar-refractivity contribution >= 4 is 63.8 Å². The predicted molar refractivity (Wildman–Crippen MR) is 156 cm³/mol. The Labute approximate surface area is 254 Å². The molecule has 43 heavy (non-hydrogen) atoms. The number of nitrogens with one attached hydrogen (secondary N) is 2. The molecule has 0 spiro atoms. The maximum Gasteiger partial charge on any atom is 0.416 e. The van der Waals surface area contributed by atoms with E-state index in [1.807, 2.05) is 0 Å². The number of imide groups is 1. The molecular formula is C29H19ClF3N3O5S2. The minimum atomic E-state index is -4.67. The van der Waals surface area contributed by atoms with Gasteiger partial charge in [0.15, 0.2) is 6.61 Å². The number of H-pyrrole nitrogens is 1. The van der Waals surface area contributed by atoms with Crippen LogP contribution in [0.5, 0.6) is 5.75 Å². The maximum absolute atomic E-state index is 13.9. The Bertz CT molecular complexity index is 1810. The molecule has 3 unspecified atom stereocenters. The van der Waals surface area contributed by atoms with Crippen molar-refractivity contribution in [2.45, 2.75) is 22.4 Å². The molecule has 4 aromatic rings. The number of alkyl halides is 3. The summed E-state index contributed by atoms with van der Waals surface area (Å²) < 4.78 is 46.2. The number of nitrogens with zero attached hydrogens (tertiary/aromatic N) is 1. The topological polar surface area (TPSA) is 109 Å². The zero-order valence-electron chi connectivity index (χ0n) is 21.7. The lowest BCUT2D eigenvalue weighted by Crippen LogP contribution is -2.32. The summed E-state index contributed by atoms with van der Waals surface area (Å²) >= 11 is 7.77. The zero-order valence-corrected chi connectivity index (χ0v) is 24.1. The number of aromatic amines is 1. The van der Waals surface area contributed by atoms with Gasteiger partial charge in [-0.3, -0.25) is 19.2 Å². The maximum atomic E-state index is 13.9. The molecule has 0 bridgehead atoms. The fourth-order valence-electron chi connectivity index (χ4n) is 5.17. The molecule has 1 aromatic heterocycles. The van der Waals surface area contributed by atoms with Crippen LogP contribution < -0.4 is 19.8 Å². The second-order valence-corrected chi connectivity index (χ2v) is 12.3. The second-order valence-electron chi connectivity index (χ2n) is 9.69. The highest BCUT2D eigenvalue weighted by Gasteiger charge is 2.57. The van der Waals surface area contributed by atoms with Gasteiger partial charge in [0.1, 0.15) is 11.0 Å². The average molecular weight is 646 g/mol. The summed E-state index contributed by atoms with van der Waals surface area (Å²) in [5, 5.41) is 2.57. The van der Waals surface area contributed by atoms with E-state index in [2.05, 4.69) is 10.3 Å². The number of halogens is 4. The first-order valence-electron chi connectivity index (χ1n) is 12.7. The Kier molecular flexibility index (Phi) is 7.57. The van der Waals surface area contributed by atoms with Crippen molar-refractivity contribution < 1.29 is 32.3 Å². The summed E-state index contributed by atoms with van der Waals surface area (Å²) in [4.78, 5) is 56.2. The van der Waals surface area contributed by atoms with E-state index >= 15 is 0 Å². The van der Waals surface area contributed by atoms with Gasteiger partial charge >= 0.3 is 11.0 Å². The minimum Gasteiger partial charge on any atom is -0.483 e. The zero-order chi connectivity index (χ0) is 30.5. The Morgan fingerprint density at radius 3 is 2.49 bits per heavy atom. The first kappa shape index (κ1) is 29.0. The standard InChI is InChI=1S/C29H19ClF3N3O5S2/c30-15-8-10-16(11-9-15)34-20(37)13-41-19-7-2-1-6-18(19)21-22-24(42-25-23(21)43-28(40)35-25)27(39)36(26(22)38)17-5-3-4-14(12-17)29(31,32)33/h1-12,21-22,24H,13H2,(H,34,37)(H,35,40). The number of fused-ring (bicyclic) bond motifs is 2. The molecule has 14 heteroatoms. The monoisotopic (exact) mass is 645 g/mol. The molecule has 2 aliphatic rings. The third-order valence-corrected chi connectivity index (χ3v) is 9.65. The van der Waals surface area contributed by atoms with E-state index in [1.54, 1.807) is 48.5 Å². The highest BCUT2D eigenvalue weighted by molar-refractivity contribution is 8.00. The summed E-state index contributed by atoms with van der Waals surface area (Å²) in [5.41, 5.74) is -0.242. The van der Waals surface area contributed by atoms with Gasteiger partial charge in [-0.05, 0) is 48.5 Å². The van der Waals surface area contributed by atoms with Crippen LogP contribution in [0.4, 0.5) is 24.5 Å². The van der Waals surface area contributed by atoms with Gasteiger partial charge in [-0.1, -0.05) is 59.0 Å². The fraction of sp³-hybridized carbons (Fsp3) is 0.172. The number of anilines is 2. The molecule has 220 valence electrons. The van der Waals surface area contributed by atoms with Crippen LogP contribution in [-0.2, 0) is 20.6 Å². The number of hydrogen-bond donors (Lipinski definition) is 2. The Balaban J connectivity index is 1.34. The van der Waals surface area contributed by atoms with Gasteiger partial charge in [-0.25, -0.2) is 4.90 Å². The Morgan fingerprint density at radius 2 is 1.74 bits per heavy atom. The molecule has 2 aliphatic heterocycles. The lowest BCUT2D eigenvalue weighted by atomic mass is 9.82.